The average molecular weight is 312 g/mol. The molecule has 7 nitrogen and oxygen atoms in total. The molecule has 116 valence electrons. The molecular formula is C13H20N4O3S. The Balaban J connectivity index is 1.99. The summed E-state index contributed by atoms with van der Waals surface area (Å²) >= 11 is 0. The molecule has 0 radical (unpaired) electrons. The maximum atomic E-state index is 12.1. The van der Waals surface area contributed by atoms with Gasteiger partial charge in [0, 0.05) is 19.3 Å². The maximum Gasteiger partial charge on any atom is 0.274 e. The van der Waals surface area contributed by atoms with Crippen LogP contribution in [0.1, 0.15) is 25.3 Å². The highest BCUT2D eigenvalue weighted by Crippen LogP contribution is 2.14. The summed E-state index contributed by atoms with van der Waals surface area (Å²) in [6.45, 7) is 4.64. The Labute approximate surface area is 124 Å². The first-order valence-electron chi connectivity index (χ1n) is 6.67. The average Bonchev–Trinajstić information content (AvgIpc) is 3.03. The second-order valence-corrected chi connectivity index (χ2v) is 6.76. The summed E-state index contributed by atoms with van der Waals surface area (Å²) in [6, 6.07) is 5.17. The highest BCUT2D eigenvalue weighted by Gasteiger charge is 2.19. The van der Waals surface area contributed by atoms with Crippen LogP contribution >= 0.6 is 0 Å². The summed E-state index contributed by atoms with van der Waals surface area (Å²) in [7, 11) is -1.88. The van der Waals surface area contributed by atoms with Crippen molar-refractivity contribution >= 4 is 10.0 Å². The normalized spacial score (nSPS) is 12.2. The number of hydrogen-bond donors (Lipinski definition) is 2. The van der Waals surface area contributed by atoms with Gasteiger partial charge in [-0.3, -0.25) is 4.68 Å². The van der Waals surface area contributed by atoms with Gasteiger partial charge in [-0.05, 0) is 18.2 Å². The van der Waals surface area contributed by atoms with Gasteiger partial charge in [0.05, 0.1) is 18.8 Å². The molecule has 8 heteroatoms. The predicted molar refractivity (Wildman–Crippen MR) is 77.9 cm³/mol. The lowest BCUT2D eigenvalue weighted by Crippen LogP contribution is -2.23. The largest absolute Gasteiger partial charge is 0.447 e. The van der Waals surface area contributed by atoms with Crippen LogP contribution in [0.2, 0.25) is 0 Å². The van der Waals surface area contributed by atoms with Crippen LogP contribution in [0.5, 0.6) is 0 Å². The van der Waals surface area contributed by atoms with Crippen LogP contribution in [0.25, 0.3) is 0 Å². The van der Waals surface area contributed by atoms with Gasteiger partial charge in [0.1, 0.15) is 5.76 Å². The van der Waals surface area contributed by atoms with Crippen LogP contribution in [0.4, 0.5) is 0 Å². The molecule has 2 N–H and O–H groups in total. The first-order chi connectivity index (χ1) is 9.87. The fourth-order valence-electron chi connectivity index (χ4n) is 1.70. The summed E-state index contributed by atoms with van der Waals surface area (Å²) in [5.74, 6) is 0.585. The minimum absolute atomic E-state index is 0.0843. The van der Waals surface area contributed by atoms with E-state index in [1.54, 1.807) is 30.1 Å². The van der Waals surface area contributed by atoms with E-state index in [2.05, 4.69) is 15.1 Å². The van der Waals surface area contributed by atoms with Crippen LogP contribution < -0.4 is 10.0 Å². The minimum atomic E-state index is -3.66. The minimum Gasteiger partial charge on any atom is -0.447 e. The first kappa shape index (κ1) is 15.7. The third-order valence-electron chi connectivity index (χ3n) is 2.80. The Hall–Kier alpha value is -1.64. The van der Waals surface area contributed by atoms with Crippen LogP contribution in [0.15, 0.2) is 33.9 Å². The van der Waals surface area contributed by atoms with E-state index < -0.39 is 10.0 Å². The van der Waals surface area contributed by atoms with Crippen LogP contribution in [0, 0.1) is 0 Å². The number of aromatic nitrogens is 2. The van der Waals surface area contributed by atoms with Gasteiger partial charge < -0.3 is 9.73 Å². The van der Waals surface area contributed by atoms with Crippen LogP contribution in [-0.4, -0.2) is 24.2 Å². The summed E-state index contributed by atoms with van der Waals surface area (Å²) in [5.41, 5.74) is 0.648. The maximum absolute atomic E-state index is 12.1. The van der Waals surface area contributed by atoms with Gasteiger partial charge in [-0.25, -0.2) is 13.1 Å². The summed E-state index contributed by atoms with van der Waals surface area (Å²) in [4.78, 5) is 0. The van der Waals surface area contributed by atoms with Crippen molar-refractivity contribution in [2.45, 2.75) is 38.1 Å². The molecule has 0 spiro atoms. The molecule has 0 aliphatic rings. The number of sulfonamides is 1. The van der Waals surface area contributed by atoms with Gasteiger partial charge in [-0.1, -0.05) is 13.8 Å². The molecule has 0 saturated heterocycles. The standard InChI is InChI=1S/C13H20N4O3S/c1-10(2)14-9-12-4-5-13(20-12)21(18,19)15-8-11-6-7-17(3)16-11/h4-7,10,14-15H,8-9H2,1-3H3. The van der Waals surface area contributed by atoms with E-state index in [1.807, 2.05) is 13.8 Å². The van der Waals surface area contributed by atoms with Crippen molar-refractivity contribution in [1.82, 2.24) is 19.8 Å². The second kappa shape index (κ2) is 6.42. The Morgan fingerprint density at radius 3 is 2.67 bits per heavy atom. The highest BCUT2D eigenvalue weighted by molar-refractivity contribution is 7.89. The third kappa shape index (κ3) is 4.42. The Kier molecular flexibility index (Phi) is 4.81. The lowest BCUT2D eigenvalue weighted by molar-refractivity contribution is 0.393. The van der Waals surface area contributed by atoms with Crippen molar-refractivity contribution < 1.29 is 12.8 Å². The molecule has 0 aliphatic heterocycles. The zero-order chi connectivity index (χ0) is 15.5. The smallest absolute Gasteiger partial charge is 0.274 e. The van der Waals surface area contributed by atoms with E-state index in [0.29, 0.717) is 24.0 Å². The number of furan rings is 1. The molecule has 2 heterocycles. The molecule has 0 aliphatic carbocycles. The van der Waals surface area contributed by atoms with E-state index >= 15 is 0 Å². The second-order valence-electron chi connectivity index (χ2n) is 5.06. The number of rotatable bonds is 7. The van der Waals surface area contributed by atoms with Crippen LogP contribution in [-0.2, 0) is 30.2 Å². The molecule has 0 atom stereocenters. The van der Waals surface area contributed by atoms with Gasteiger partial charge in [-0.15, -0.1) is 0 Å². The van der Waals surface area contributed by atoms with Gasteiger partial charge in [-0.2, -0.15) is 5.10 Å². The number of nitrogens with one attached hydrogen (secondary N) is 2. The van der Waals surface area contributed by atoms with Crippen molar-refractivity contribution in [3.05, 3.63) is 35.9 Å². The van der Waals surface area contributed by atoms with Crippen molar-refractivity contribution in [2.24, 2.45) is 7.05 Å². The molecule has 0 unspecified atom stereocenters. The molecule has 0 amide bonds. The summed E-state index contributed by atoms with van der Waals surface area (Å²) < 4.78 is 33.6. The molecule has 0 saturated carbocycles. The Morgan fingerprint density at radius 2 is 2.05 bits per heavy atom. The number of hydrogen-bond acceptors (Lipinski definition) is 5. The summed E-state index contributed by atoms with van der Waals surface area (Å²) in [5, 5.41) is 7.19. The van der Waals surface area contributed by atoms with Gasteiger partial charge >= 0.3 is 0 Å². The van der Waals surface area contributed by atoms with Gasteiger partial charge in [0.25, 0.3) is 10.0 Å². The molecule has 2 rings (SSSR count). The monoisotopic (exact) mass is 312 g/mol. The zero-order valence-corrected chi connectivity index (χ0v) is 13.1. The van der Waals surface area contributed by atoms with Crippen LogP contribution in [0.3, 0.4) is 0 Å². The lowest BCUT2D eigenvalue weighted by Gasteiger charge is -2.05. The van der Waals surface area contributed by atoms with E-state index in [9.17, 15) is 8.42 Å². The molecule has 0 bridgehead atoms. The first-order valence-corrected chi connectivity index (χ1v) is 8.15. The van der Waals surface area contributed by atoms with Crippen molar-refractivity contribution in [2.75, 3.05) is 0 Å². The third-order valence-corrected chi connectivity index (χ3v) is 4.07. The Morgan fingerprint density at radius 1 is 1.29 bits per heavy atom. The fraction of sp³-hybridized carbons (Fsp3) is 0.462. The van der Waals surface area contributed by atoms with Crippen molar-refractivity contribution in [3.8, 4) is 0 Å². The van der Waals surface area contributed by atoms with Crippen molar-refractivity contribution in [1.29, 1.82) is 0 Å². The SMILES string of the molecule is CC(C)NCc1ccc(S(=O)(=O)NCc2ccn(C)n2)o1. The molecule has 2 aromatic rings. The number of aryl methyl sites for hydroxylation is 1. The van der Waals surface area contributed by atoms with Gasteiger partial charge in [0.2, 0.25) is 5.09 Å². The summed E-state index contributed by atoms with van der Waals surface area (Å²) in [6.07, 6.45) is 1.76. The topological polar surface area (TPSA) is 89.2 Å². The molecule has 2 aromatic heterocycles. The quantitative estimate of drug-likeness (QED) is 0.796. The van der Waals surface area contributed by atoms with E-state index in [4.69, 9.17) is 4.42 Å². The fourth-order valence-corrected chi connectivity index (χ4v) is 2.64. The molecule has 0 aromatic carbocycles. The van der Waals surface area contributed by atoms with Gasteiger partial charge in [0.15, 0.2) is 0 Å². The predicted octanol–water partition coefficient (Wildman–Crippen LogP) is 0.990. The molecular weight excluding hydrogens is 292 g/mol. The zero-order valence-electron chi connectivity index (χ0n) is 12.3. The highest BCUT2D eigenvalue weighted by atomic mass is 32.2. The molecule has 21 heavy (non-hydrogen) atoms. The van der Waals surface area contributed by atoms with E-state index in [1.165, 1.54) is 6.07 Å². The molecule has 0 fully saturated rings. The Bertz CT molecular complexity index is 688. The lowest BCUT2D eigenvalue weighted by atomic mass is 10.3. The van der Waals surface area contributed by atoms with E-state index in [-0.39, 0.29) is 11.6 Å². The van der Waals surface area contributed by atoms with E-state index in [0.717, 1.165) is 0 Å². The number of nitrogens with zero attached hydrogens (tertiary/aromatic N) is 2. The van der Waals surface area contributed by atoms with Crippen molar-refractivity contribution in [3.63, 3.8) is 0 Å².